The van der Waals surface area contributed by atoms with Gasteiger partial charge >= 0.3 is 0 Å². The topological polar surface area (TPSA) is 59.4 Å². The van der Waals surface area contributed by atoms with Crippen molar-refractivity contribution in [2.45, 2.75) is 17.7 Å². The lowest BCUT2D eigenvalue weighted by Gasteiger charge is -2.23. The van der Waals surface area contributed by atoms with Gasteiger partial charge in [-0.15, -0.1) is 0 Å². The number of rotatable bonds is 4. The molecule has 1 unspecified atom stereocenters. The summed E-state index contributed by atoms with van der Waals surface area (Å²) < 4.78 is 32.3. The zero-order valence-corrected chi connectivity index (χ0v) is 13.3. The molecule has 0 aromatic heterocycles. The van der Waals surface area contributed by atoms with Crippen molar-refractivity contribution in [3.8, 4) is 5.75 Å². The quantitative estimate of drug-likeness (QED) is 0.908. The number of halogens is 1. The van der Waals surface area contributed by atoms with Crippen molar-refractivity contribution in [1.29, 1.82) is 4.78 Å². The Balaban J connectivity index is 2.25. The van der Waals surface area contributed by atoms with Crippen LogP contribution in [0.2, 0.25) is 0 Å². The molecule has 0 saturated carbocycles. The highest BCUT2D eigenvalue weighted by Gasteiger charge is 2.23. The zero-order valence-electron chi connectivity index (χ0n) is 10.9. The van der Waals surface area contributed by atoms with Gasteiger partial charge in [-0.05, 0) is 37.0 Å². The normalized spacial score (nSPS) is 19.9. The van der Waals surface area contributed by atoms with E-state index in [-0.39, 0.29) is 0 Å². The molecule has 0 spiro atoms. The van der Waals surface area contributed by atoms with Crippen LogP contribution in [0.5, 0.6) is 5.75 Å². The molecule has 1 fully saturated rings. The van der Waals surface area contributed by atoms with E-state index in [0.717, 1.165) is 17.3 Å². The van der Waals surface area contributed by atoms with E-state index in [0.29, 0.717) is 35.5 Å². The lowest BCUT2D eigenvalue weighted by Crippen LogP contribution is -2.23. The first-order valence-electron chi connectivity index (χ1n) is 6.21. The average molecular weight is 348 g/mol. The molecule has 0 radical (unpaired) electrons. The van der Waals surface area contributed by atoms with Crippen LogP contribution in [-0.2, 0) is 14.5 Å². The SMILES string of the molecule is COc1ccc(Br)cc1S(=N)(=O)CC1CCOCC1. The summed E-state index contributed by atoms with van der Waals surface area (Å²) in [6.45, 7) is 1.41. The summed E-state index contributed by atoms with van der Waals surface area (Å²) in [6, 6.07) is 5.30. The lowest BCUT2D eigenvalue weighted by molar-refractivity contribution is 0.0725. The third kappa shape index (κ3) is 3.70. The highest BCUT2D eigenvalue weighted by molar-refractivity contribution is 9.10. The van der Waals surface area contributed by atoms with E-state index in [2.05, 4.69) is 15.9 Å². The van der Waals surface area contributed by atoms with Crippen LogP contribution in [0, 0.1) is 10.7 Å². The fourth-order valence-corrected chi connectivity index (χ4v) is 4.73. The molecule has 1 saturated heterocycles. The van der Waals surface area contributed by atoms with Gasteiger partial charge < -0.3 is 9.47 Å². The van der Waals surface area contributed by atoms with Gasteiger partial charge in [-0.1, -0.05) is 15.9 Å². The van der Waals surface area contributed by atoms with Crippen molar-refractivity contribution in [2.75, 3.05) is 26.1 Å². The molecule has 2 rings (SSSR count). The van der Waals surface area contributed by atoms with Crippen molar-refractivity contribution in [1.82, 2.24) is 0 Å². The zero-order chi connectivity index (χ0) is 13.9. The molecule has 0 bridgehead atoms. The van der Waals surface area contributed by atoms with E-state index in [1.54, 1.807) is 12.1 Å². The highest BCUT2D eigenvalue weighted by Crippen LogP contribution is 2.30. The molecule has 19 heavy (non-hydrogen) atoms. The molecule has 1 aromatic carbocycles. The molecule has 0 amide bonds. The van der Waals surface area contributed by atoms with Crippen LogP contribution in [0.1, 0.15) is 12.8 Å². The van der Waals surface area contributed by atoms with E-state index in [1.165, 1.54) is 7.11 Å². The van der Waals surface area contributed by atoms with Gasteiger partial charge in [0.15, 0.2) is 0 Å². The first kappa shape index (κ1) is 14.8. The Hall–Kier alpha value is -0.590. The molecule has 1 N–H and O–H groups in total. The predicted octanol–water partition coefficient (Wildman–Crippen LogP) is 3.29. The maximum absolute atomic E-state index is 12.7. The maximum Gasteiger partial charge on any atom is 0.135 e. The summed E-state index contributed by atoms with van der Waals surface area (Å²) in [7, 11) is -1.30. The van der Waals surface area contributed by atoms with Crippen LogP contribution in [0.4, 0.5) is 0 Å². The van der Waals surface area contributed by atoms with Crippen LogP contribution in [0.3, 0.4) is 0 Å². The van der Waals surface area contributed by atoms with E-state index in [4.69, 9.17) is 14.3 Å². The summed E-state index contributed by atoms with van der Waals surface area (Å²) in [6.07, 6.45) is 1.76. The second-order valence-corrected chi connectivity index (χ2v) is 7.73. The van der Waals surface area contributed by atoms with Crippen molar-refractivity contribution >= 4 is 25.7 Å². The second-order valence-electron chi connectivity index (χ2n) is 4.69. The third-order valence-corrected chi connectivity index (χ3v) is 5.76. The van der Waals surface area contributed by atoms with Crippen LogP contribution in [0.25, 0.3) is 0 Å². The summed E-state index contributed by atoms with van der Waals surface area (Å²) in [5, 5.41) is 0. The van der Waals surface area contributed by atoms with Crippen molar-refractivity contribution in [2.24, 2.45) is 5.92 Å². The van der Waals surface area contributed by atoms with Gasteiger partial charge in [-0.25, -0.2) is 8.99 Å². The van der Waals surface area contributed by atoms with Gasteiger partial charge in [0.05, 0.1) is 21.7 Å². The Morgan fingerprint density at radius 3 is 2.79 bits per heavy atom. The average Bonchev–Trinajstić information content (AvgIpc) is 2.39. The molecule has 1 aliphatic rings. The van der Waals surface area contributed by atoms with Gasteiger partial charge in [0.1, 0.15) is 5.75 Å². The first-order chi connectivity index (χ1) is 9.03. The van der Waals surface area contributed by atoms with E-state index >= 15 is 0 Å². The number of nitrogens with one attached hydrogen (secondary N) is 1. The minimum Gasteiger partial charge on any atom is -0.495 e. The Labute approximate surface area is 122 Å². The van der Waals surface area contributed by atoms with Gasteiger partial charge in [0, 0.05) is 23.4 Å². The third-order valence-electron chi connectivity index (χ3n) is 3.29. The Morgan fingerprint density at radius 1 is 1.47 bits per heavy atom. The Kier molecular flexibility index (Phi) is 4.86. The number of methoxy groups -OCH3 is 1. The van der Waals surface area contributed by atoms with Gasteiger partial charge in [0.2, 0.25) is 0 Å². The van der Waals surface area contributed by atoms with Crippen LogP contribution in [-0.4, -0.2) is 30.3 Å². The molecule has 6 heteroatoms. The molecule has 1 aliphatic heterocycles. The van der Waals surface area contributed by atoms with Gasteiger partial charge in [-0.3, -0.25) is 0 Å². The lowest BCUT2D eigenvalue weighted by atomic mass is 10.0. The molecule has 1 heterocycles. The van der Waals surface area contributed by atoms with E-state index in [9.17, 15) is 4.21 Å². The minimum absolute atomic E-state index is 0.294. The first-order valence-corrected chi connectivity index (χ1v) is 8.73. The van der Waals surface area contributed by atoms with Crippen molar-refractivity contribution < 1.29 is 13.7 Å². The standard InChI is InChI=1S/C13H18BrNO3S/c1-17-12-3-2-11(14)8-13(12)19(15,16)9-10-4-6-18-7-5-10/h2-3,8,10,15H,4-7,9H2,1H3. The fraction of sp³-hybridized carbons (Fsp3) is 0.538. The van der Waals surface area contributed by atoms with Gasteiger partial charge in [0.25, 0.3) is 0 Å². The number of hydrogen-bond acceptors (Lipinski definition) is 4. The predicted molar refractivity (Wildman–Crippen MR) is 78.2 cm³/mol. The molecular formula is C13H18BrNO3S. The van der Waals surface area contributed by atoms with Crippen LogP contribution in [0.15, 0.2) is 27.6 Å². The summed E-state index contributed by atoms with van der Waals surface area (Å²) in [4.78, 5) is 0.482. The van der Waals surface area contributed by atoms with Crippen LogP contribution >= 0.6 is 15.9 Å². The molecule has 1 aromatic rings. The number of hydrogen-bond donors (Lipinski definition) is 1. The smallest absolute Gasteiger partial charge is 0.135 e. The van der Waals surface area contributed by atoms with Crippen LogP contribution < -0.4 is 4.74 Å². The Morgan fingerprint density at radius 2 is 2.16 bits per heavy atom. The molecule has 1 atom stereocenters. The highest BCUT2D eigenvalue weighted by atomic mass is 79.9. The molecule has 4 nitrogen and oxygen atoms in total. The summed E-state index contributed by atoms with van der Waals surface area (Å²) in [5.74, 6) is 1.20. The molecule has 106 valence electrons. The van der Waals surface area contributed by atoms with E-state index < -0.39 is 9.73 Å². The van der Waals surface area contributed by atoms with E-state index in [1.807, 2.05) is 6.07 Å². The fourth-order valence-electron chi connectivity index (χ4n) is 2.24. The molecule has 0 aliphatic carbocycles. The van der Waals surface area contributed by atoms with Crippen molar-refractivity contribution in [3.05, 3.63) is 22.7 Å². The number of ether oxygens (including phenoxy) is 2. The number of benzene rings is 1. The largest absolute Gasteiger partial charge is 0.495 e. The van der Waals surface area contributed by atoms with Gasteiger partial charge in [-0.2, -0.15) is 0 Å². The summed E-state index contributed by atoms with van der Waals surface area (Å²) in [5.41, 5.74) is 0. The second kappa shape index (κ2) is 6.24. The monoisotopic (exact) mass is 347 g/mol. The molecular weight excluding hydrogens is 330 g/mol. The maximum atomic E-state index is 12.7. The minimum atomic E-state index is -2.84. The Bertz CT molecular complexity index is 539. The summed E-state index contributed by atoms with van der Waals surface area (Å²) >= 11 is 3.36. The van der Waals surface area contributed by atoms with Crippen molar-refractivity contribution in [3.63, 3.8) is 0 Å².